The Bertz CT molecular complexity index is 224. The van der Waals surface area contributed by atoms with E-state index >= 15 is 0 Å². The Morgan fingerprint density at radius 2 is 1.88 bits per heavy atom. The second kappa shape index (κ2) is 5.73. The highest BCUT2D eigenvalue weighted by atomic mass is 16.3. The van der Waals surface area contributed by atoms with E-state index in [4.69, 9.17) is 0 Å². The molecule has 2 unspecified atom stereocenters. The number of rotatable bonds is 4. The van der Waals surface area contributed by atoms with Gasteiger partial charge in [0.1, 0.15) is 0 Å². The Labute approximate surface area is 108 Å². The van der Waals surface area contributed by atoms with Crippen molar-refractivity contribution in [2.24, 2.45) is 16.7 Å². The first-order chi connectivity index (χ1) is 7.72. The molecule has 1 nitrogen and oxygen atoms in total. The fraction of sp³-hybridized carbons (Fsp3) is 1.00. The van der Waals surface area contributed by atoms with Crippen LogP contribution in [0.2, 0.25) is 0 Å². The molecule has 1 aliphatic carbocycles. The van der Waals surface area contributed by atoms with Crippen LogP contribution in [0.3, 0.4) is 0 Å². The zero-order valence-corrected chi connectivity index (χ0v) is 12.6. The Morgan fingerprint density at radius 1 is 1.24 bits per heavy atom. The van der Waals surface area contributed by atoms with E-state index in [2.05, 4.69) is 34.6 Å². The Morgan fingerprint density at radius 3 is 2.41 bits per heavy atom. The summed E-state index contributed by atoms with van der Waals surface area (Å²) in [6.07, 6.45) is 8.47. The first-order valence-corrected chi connectivity index (χ1v) is 7.40. The molecular weight excluding hydrogens is 208 g/mol. The van der Waals surface area contributed by atoms with Gasteiger partial charge in [-0.05, 0) is 42.4 Å². The van der Waals surface area contributed by atoms with Crippen LogP contribution in [-0.2, 0) is 0 Å². The minimum Gasteiger partial charge on any atom is -0.393 e. The first-order valence-electron chi connectivity index (χ1n) is 7.40. The lowest BCUT2D eigenvalue weighted by molar-refractivity contribution is -0.00148. The lowest BCUT2D eigenvalue weighted by Gasteiger charge is -2.41. The van der Waals surface area contributed by atoms with E-state index in [1.54, 1.807) is 0 Å². The fourth-order valence-electron chi connectivity index (χ4n) is 3.28. The SMILES string of the molecule is CC(C)(C)CCCC(O)C1CCCCC1(C)C. The van der Waals surface area contributed by atoms with Crippen molar-refractivity contribution < 1.29 is 5.11 Å². The van der Waals surface area contributed by atoms with Crippen LogP contribution >= 0.6 is 0 Å². The highest BCUT2D eigenvalue weighted by molar-refractivity contribution is 4.87. The minimum atomic E-state index is -0.0763. The lowest BCUT2D eigenvalue weighted by atomic mass is 9.66. The summed E-state index contributed by atoms with van der Waals surface area (Å²) in [5.41, 5.74) is 0.751. The van der Waals surface area contributed by atoms with Crippen molar-refractivity contribution in [3.63, 3.8) is 0 Å². The first kappa shape index (κ1) is 15.0. The maximum absolute atomic E-state index is 10.4. The van der Waals surface area contributed by atoms with Crippen molar-refractivity contribution in [2.45, 2.75) is 85.7 Å². The van der Waals surface area contributed by atoms with E-state index in [0.717, 1.165) is 12.8 Å². The molecule has 17 heavy (non-hydrogen) atoms. The van der Waals surface area contributed by atoms with Crippen LogP contribution in [0.5, 0.6) is 0 Å². The third kappa shape index (κ3) is 4.99. The molecule has 0 heterocycles. The number of aliphatic hydroxyl groups is 1. The summed E-state index contributed by atoms with van der Waals surface area (Å²) in [4.78, 5) is 0. The maximum atomic E-state index is 10.4. The number of hydrogen-bond acceptors (Lipinski definition) is 1. The average Bonchev–Trinajstić information content (AvgIpc) is 2.14. The fourth-order valence-corrected chi connectivity index (χ4v) is 3.28. The Balaban J connectivity index is 2.38. The number of hydrogen-bond donors (Lipinski definition) is 1. The molecule has 1 fully saturated rings. The van der Waals surface area contributed by atoms with E-state index in [1.807, 2.05) is 0 Å². The van der Waals surface area contributed by atoms with Gasteiger partial charge in [0.2, 0.25) is 0 Å². The van der Waals surface area contributed by atoms with Gasteiger partial charge in [-0.25, -0.2) is 0 Å². The maximum Gasteiger partial charge on any atom is 0.0573 e. The molecular formula is C16H32O. The molecule has 0 saturated heterocycles. The van der Waals surface area contributed by atoms with Gasteiger partial charge in [-0.1, -0.05) is 53.9 Å². The monoisotopic (exact) mass is 240 g/mol. The molecule has 2 atom stereocenters. The molecule has 1 aliphatic rings. The van der Waals surface area contributed by atoms with E-state index in [-0.39, 0.29) is 6.10 Å². The second-order valence-corrected chi connectivity index (χ2v) is 7.86. The van der Waals surface area contributed by atoms with Crippen LogP contribution in [0.15, 0.2) is 0 Å². The highest BCUT2D eigenvalue weighted by Gasteiger charge is 2.36. The van der Waals surface area contributed by atoms with Crippen molar-refractivity contribution in [3.8, 4) is 0 Å². The summed E-state index contributed by atoms with van der Waals surface area (Å²) >= 11 is 0. The van der Waals surface area contributed by atoms with Crippen LogP contribution < -0.4 is 0 Å². The van der Waals surface area contributed by atoms with Crippen LogP contribution in [0, 0.1) is 16.7 Å². The molecule has 0 aromatic rings. The molecule has 0 aromatic carbocycles. The van der Waals surface area contributed by atoms with Gasteiger partial charge in [0.25, 0.3) is 0 Å². The van der Waals surface area contributed by atoms with Crippen molar-refractivity contribution >= 4 is 0 Å². The summed E-state index contributed by atoms with van der Waals surface area (Å²) < 4.78 is 0. The smallest absolute Gasteiger partial charge is 0.0573 e. The van der Waals surface area contributed by atoms with Crippen molar-refractivity contribution in [1.82, 2.24) is 0 Å². The largest absolute Gasteiger partial charge is 0.393 e. The van der Waals surface area contributed by atoms with E-state index < -0.39 is 0 Å². The molecule has 1 heteroatoms. The Kier molecular flexibility index (Phi) is 5.07. The van der Waals surface area contributed by atoms with Crippen molar-refractivity contribution in [1.29, 1.82) is 0 Å². The zero-order chi connectivity index (χ0) is 13.1. The quantitative estimate of drug-likeness (QED) is 0.749. The summed E-state index contributed by atoms with van der Waals surface area (Å²) in [6, 6.07) is 0. The molecule has 0 bridgehead atoms. The van der Waals surface area contributed by atoms with E-state index in [9.17, 15) is 5.11 Å². The lowest BCUT2D eigenvalue weighted by Crippen LogP contribution is -2.36. The molecule has 1 saturated carbocycles. The van der Waals surface area contributed by atoms with Crippen LogP contribution in [0.1, 0.15) is 79.6 Å². The van der Waals surface area contributed by atoms with Crippen LogP contribution in [0.25, 0.3) is 0 Å². The predicted molar refractivity (Wildman–Crippen MR) is 75.1 cm³/mol. The highest BCUT2D eigenvalue weighted by Crippen LogP contribution is 2.43. The second-order valence-electron chi connectivity index (χ2n) is 7.86. The van der Waals surface area contributed by atoms with Gasteiger partial charge in [0, 0.05) is 0 Å². The van der Waals surface area contributed by atoms with Gasteiger partial charge in [-0.3, -0.25) is 0 Å². The molecule has 1 rings (SSSR count). The minimum absolute atomic E-state index is 0.0763. The van der Waals surface area contributed by atoms with Gasteiger partial charge in [-0.15, -0.1) is 0 Å². The summed E-state index contributed by atoms with van der Waals surface area (Å²) in [7, 11) is 0. The summed E-state index contributed by atoms with van der Waals surface area (Å²) in [5.74, 6) is 0.524. The zero-order valence-electron chi connectivity index (χ0n) is 12.6. The van der Waals surface area contributed by atoms with Gasteiger partial charge in [0.15, 0.2) is 0 Å². The topological polar surface area (TPSA) is 20.2 Å². The normalized spacial score (nSPS) is 26.8. The third-order valence-corrected chi connectivity index (χ3v) is 4.48. The number of aliphatic hydroxyl groups excluding tert-OH is 1. The van der Waals surface area contributed by atoms with E-state index in [0.29, 0.717) is 16.7 Å². The van der Waals surface area contributed by atoms with Gasteiger partial charge in [0.05, 0.1) is 6.10 Å². The molecule has 0 spiro atoms. The van der Waals surface area contributed by atoms with Gasteiger partial charge < -0.3 is 5.11 Å². The van der Waals surface area contributed by atoms with Crippen molar-refractivity contribution in [3.05, 3.63) is 0 Å². The van der Waals surface area contributed by atoms with Crippen molar-refractivity contribution in [2.75, 3.05) is 0 Å². The molecule has 102 valence electrons. The molecule has 0 aromatic heterocycles. The van der Waals surface area contributed by atoms with Crippen LogP contribution in [-0.4, -0.2) is 11.2 Å². The third-order valence-electron chi connectivity index (χ3n) is 4.48. The molecule has 0 aliphatic heterocycles. The van der Waals surface area contributed by atoms with Crippen LogP contribution in [0.4, 0.5) is 0 Å². The standard InChI is InChI=1S/C16H32O/c1-15(2,3)11-8-10-14(17)13-9-6-7-12-16(13,4)5/h13-14,17H,6-12H2,1-5H3. The van der Waals surface area contributed by atoms with Gasteiger partial charge >= 0.3 is 0 Å². The molecule has 0 radical (unpaired) electrons. The predicted octanol–water partition coefficient (Wildman–Crippen LogP) is 4.78. The summed E-state index contributed by atoms with van der Waals surface area (Å²) in [5, 5.41) is 10.4. The molecule has 1 N–H and O–H groups in total. The Hall–Kier alpha value is -0.0400. The van der Waals surface area contributed by atoms with E-state index in [1.165, 1.54) is 32.1 Å². The summed E-state index contributed by atoms with van der Waals surface area (Å²) in [6.45, 7) is 11.5. The average molecular weight is 240 g/mol. The molecule has 0 amide bonds. The van der Waals surface area contributed by atoms with Gasteiger partial charge in [-0.2, -0.15) is 0 Å².